The highest BCUT2D eigenvalue weighted by Crippen LogP contribution is 2.45. The van der Waals surface area contributed by atoms with Crippen LogP contribution in [0.5, 0.6) is 0 Å². The van der Waals surface area contributed by atoms with Crippen molar-refractivity contribution in [3.05, 3.63) is 35.4 Å². The average molecular weight is 399 g/mol. The number of imide groups is 1. The molecule has 0 saturated carbocycles. The summed E-state index contributed by atoms with van der Waals surface area (Å²) < 4.78 is 38.6. The molecule has 0 aliphatic carbocycles. The van der Waals surface area contributed by atoms with Crippen molar-refractivity contribution < 1.29 is 32.4 Å². The Morgan fingerprint density at radius 1 is 1.14 bits per heavy atom. The highest BCUT2D eigenvalue weighted by molar-refractivity contribution is 6.07. The SMILES string of the molecule is CCCN1C(=O)C2ON(CCC(N)=O)C(c3ccc(C(F)(F)F)cc3)C2C1=O. The van der Waals surface area contributed by atoms with Gasteiger partial charge in [0.2, 0.25) is 11.8 Å². The molecule has 2 saturated heterocycles. The van der Waals surface area contributed by atoms with Gasteiger partial charge in [-0.3, -0.25) is 24.1 Å². The summed E-state index contributed by atoms with van der Waals surface area (Å²) >= 11 is 0. The molecular formula is C18H20F3N3O4. The Balaban J connectivity index is 1.94. The number of alkyl halides is 3. The zero-order valence-electron chi connectivity index (χ0n) is 15.1. The molecule has 3 unspecified atom stereocenters. The number of rotatable bonds is 6. The zero-order chi connectivity index (χ0) is 20.6. The van der Waals surface area contributed by atoms with Crippen LogP contribution in [0, 0.1) is 5.92 Å². The van der Waals surface area contributed by atoms with Crippen molar-refractivity contribution in [2.24, 2.45) is 11.7 Å². The fourth-order valence-electron chi connectivity index (χ4n) is 3.63. The smallest absolute Gasteiger partial charge is 0.370 e. The Labute approximate surface area is 159 Å². The lowest BCUT2D eigenvalue weighted by Crippen LogP contribution is -2.38. The first-order chi connectivity index (χ1) is 13.1. The highest BCUT2D eigenvalue weighted by atomic mass is 19.4. The Bertz CT molecular complexity index is 781. The largest absolute Gasteiger partial charge is 0.416 e. The maximum Gasteiger partial charge on any atom is 0.416 e. The van der Waals surface area contributed by atoms with Gasteiger partial charge in [0, 0.05) is 19.5 Å². The second-order valence-electron chi connectivity index (χ2n) is 6.80. The van der Waals surface area contributed by atoms with Crippen molar-refractivity contribution in [1.29, 1.82) is 0 Å². The van der Waals surface area contributed by atoms with Crippen molar-refractivity contribution in [3.63, 3.8) is 0 Å². The van der Waals surface area contributed by atoms with E-state index in [1.54, 1.807) is 0 Å². The van der Waals surface area contributed by atoms with Crippen LogP contribution in [0.2, 0.25) is 0 Å². The first-order valence-corrected chi connectivity index (χ1v) is 8.89. The normalized spacial score (nSPS) is 25.4. The van der Waals surface area contributed by atoms with E-state index >= 15 is 0 Å². The first kappa shape index (κ1) is 20.3. The maximum atomic E-state index is 12.9. The zero-order valence-corrected chi connectivity index (χ0v) is 15.1. The molecule has 0 bridgehead atoms. The fourth-order valence-corrected chi connectivity index (χ4v) is 3.63. The van der Waals surface area contributed by atoms with Crippen molar-refractivity contribution in [1.82, 2.24) is 9.96 Å². The van der Waals surface area contributed by atoms with Gasteiger partial charge in [-0.05, 0) is 24.1 Å². The monoisotopic (exact) mass is 399 g/mol. The molecule has 2 heterocycles. The number of benzene rings is 1. The summed E-state index contributed by atoms with van der Waals surface area (Å²) in [5.41, 5.74) is 4.74. The molecule has 3 rings (SSSR count). The Hall–Kier alpha value is -2.46. The lowest BCUT2D eigenvalue weighted by Gasteiger charge is -2.27. The fraction of sp³-hybridized carbons (Fsp3) is 0.500. The van der Waals surface area contributed by atoms with Crippen LogP contribution in [0.15, 0.2) is 24.3 Å². The van der Waals surface area contributed by atoms with Gasteiger partial charge in [-0.25, -0.2) is 0 Å². The molecule has 2 fully saturated rings. The van der Waals surface area contributed by atoms with Crippen LogP contribution >= 0.6 is 0 Å². The minimum atomic E-state index is -4.49. The molecule has 3 atom stereocenters. The van der Waals surface area contributed by atoms with E-state index in [1.807, 2.05) is 6.92 Å². The number of nitrogens with zero attached hydrogens (tertiary/aromatic N) is 2. The standard InChI is InChI=1S/C18H20F3N3O4/c1-2-8-23-16(26)13-14(10-3-5-11(6-4-10)18(19,20)21)24(9-7-12(22)25)28-15(13)17(23)27/h3-6,13-15H,2,7-9H2,1H3,(H2,22,25). The average Bonchev–Trinajstić information content (AvgIpc) is 3.11. The molecule has 7 nitrogen and oxygen atoms in total. The van der Waals surface area contributed by atoms with Gasteiger partial charge in [-0.1, -0.05) is 19.1 Å². The molecule has 28 heavy (non-hydrogen) atoms. The Morgan fingerprint density at radius 3 is 2.32 bits per heavy atom. The summed E-state index contributed by atoms with van der Waals surface area (Å²) in [4.78, 5) is 43.3. The molecule has 0 aromatic heterocycles. The van der Waals surface area contributed by atoms with Crippen molar-refractivity contribution in [2.45, 2.75) is 38.1 Å². The third-order valence-corrected chi connectivity index (χ3v) is 4.89. The third-order valence-electron chi connectivity index (χ3n) is 4.89. The number of hydrogen-bond acceptors (Lipinski definition) is 5. The number of hydroxylamine groups is 2. The second kappa shape index (κ2) is 7.51. The van der Waals surface area contributed by atoms with Crippen molar-refractivity contribution in [2.75, 3.05) is 13.1 Å². The quantitative estimate of drug-likeness (QED) is 0.734. The van der Waals surface area contributed by atoms with Crippen LogP contribution in [0.4, 0.5) is 13.2 Å². The molecule has 2 aliphatic heterocycles. The number of halogens is 3. The third kappa shape index (κ3) is 3.61. The van der Waals surface area contributed by atoms with E-state index in [2.05, 4.69) is 0 Å². The van der Waals surface area contributed by atoms with Gasteiger partial charge in [0.15, 0.2) is 6.10 Å². The first-order valence-electron chi connectivity index (χ1n) is 8.89. The molecule has 152 valence electrons. The van der Waals surface area contributed by atoms with Crippen LogP contribution in [-0.2, 0) is 25.4 Å². The molecule has 1 aromatic rings. The number of carbonyl (C=O) groups excluding carboxylic acids is 3. The summed E-state index contributed by atoms with van der Waals surface area (Å²) in [6, 6.07) is 3.57. The minimum absolute atomic E-state index is 0.0162. The number of nitrogens with two attached hydrogens (primary N) is 1. The maximum absolute atomic E-state index is 12.9. The summed E-state index contributed by atoms with van der Waals surface area (Å²) in [5, 5.41) is 1.31. The van der Waals surface area contributed by atoms with Crippen LogP contribution in [0.3, 0.4) is 0 Å². The molecule has 2 N–H and O–H groups in total. The van der Waals surface area contributed by atoms with Crippen LogP contribution in [-0.4, -0.2) is 46.9 Å². The number of likely N-dealkylation sites (tertiary alicyclic amines) is 1. The van der Waals surface area contributed by atoms with E-state index in [-0.39, 0.29) is 19.5 Å². The van der Waals surface area contributed by atoms with E-state index in [4.69, 9.17) is 10.6 Å². The van der Waals surface area contributed by atoms with Gasteiger partial charge in [0.1, 0.15) is 0 Å². The summed E-state index contributed by atoms with van der Waals surface area (Å²) in [7, 11) is 0. The Kier molecular flexibility index (Phi) is 5.44. The van der Waals surface area contributed by atoms with Gasteiger partial charge >= 0.3 is 6.18 Å². The van der Waals surface area contributed by atoms with Gasteiger partial charge in [-0.15, -0.1) is 0 Å². The predicted octanol–water partition coefficient (Wildman–Crippen LogP) is 1.63. The number of hydrogen-bond donors (Lipinski definition) is 1. The van der Waals surface area contributed by atoms with E-state index < -0.39 is 47.5 Å². The van der Waals surface area contributed by atoms with Gasteiger partial charge < -0.3 is 5.73 Å². The van der Waals surface area contributed by atoms with E-state index in [0.29, 0.717) is 12.0 Å². The van der Waals surface area contributed by atoms with E-state index in [1.165, 1.54) is 17.2 Å². The number of primary amides is 1. The lowest BCUT2D eigenvalue weighted by molar-refractivity contribution is -0.180. The molecule has 0 spiro atoms. The van der Waals surface area contributed by atoms with Crippen molar-refractivity contribution in [3.8, 4) is 0 Å². The van der Waals surface area contributed by atoms with Gasteiger partial charge in [-0.2, -0.15) is 18.2 Å². The topological polar surface area (TPSA) is 92.9 Å². The highest BCUT2D eigenvalue weighted by Gasteiger charge is 2.59. The summed E-state index contributed by atoms with van der Waals surface area (Å²) in [6.07, 6.45) is -5.06. The number of amides is 3. The molecule has 3 amide bonds. The minimum Gasteiger partial charge on any atom is -0.370 e. The molecule has 1 aromatic carbocycles. The predicted molar refractivity (Wildman–Crippen MR) is 90.1 cm³/mol. The molecule has 10 heteroatoms. The van der Waals surface area contributed by atoms with Crippen LogP contribution in [0.25, 0.3) is 0 Å². The lowest BCUT2D eigenvalue weighted by atomic mass is 9.90. The summed E-state index contributed by atoms with van der Waals surface area (Å²) in [5.74, 6) is -2.39. The molecule has 0 radical (unpaired) electrons. The van der Waals surface area contributed by atoms with Crippen LogP contribution in [0.1, 0.15) is 36.9 Å². The number of fused-ring (bicyclic) bond motifs is 1. The van der Waals surface area contributed by atoms with E-state index in [0.717, 1.165) is 17.0 Å². The Morgan fingerprint density at radius 2 is 1.79 bits per heavy atom. The van der Waals surface area contributed by atoms with Gasteiger partial charge in [0.25, 0.3) is 5.91 Å². The molecular weight excluding hydrogens is 379 g/mol. The van der Waals surface area contributed by atoms with Crippen LogP contribution < -0.4 is 5.73 Å². The molecule has 2 aliphatic rings. The second-order valence-corrected chi connectivity index (χ2v) is 6.80. The van der Waals surface area contributed by atoms with Crippen molar-refractivity contribution >= 4 is 17.7 Å². The summed E-state index contributed by atoms with van der Waals surface area (Å²) in [6.45, 7) is 2.08. The number of carbonyl (C=O) groups is 3. The van der Waals surface area contributed by atoms with E-state index in [9.17, 15) is 27.6 Å². The van der Waals surface area contributed by atoms with Gasteiger partial charge in [0.05, 0.1) is 17.5 Å².